The molecule has 2 aromatic heterocycles. The molecule has 1 N–H and O–H groups in total. The molecule has 2 heterocycles. The van der Waals surface area contributed by atoms with Gasteiger partial charge in [0.25, 0.3) is 0 Å². The van der Waals surface area contributed by atoms with Gasteiger partial charge in [0.1, 0.15) is 6.33 Å². The van der Waals surface area contributed by atoms with Gasteiger partial charge >= 0.3 is 0 Å². The maximum atomic E-state index is 6.02. The van der Waals surface area contributed by atoms with Crippen LogP contribution in [0.4, 0.5) is 5.82 Å². The van der Waals surface area contributed by atoms with Gasteiger partial charge in [-0.1, -0.05) is 18.5 Å². The molecule has 0 aliphatic rings. The molecule has 0 atom stereocenters. The van der Waals surface area contributed by atoms with Gasteiger partial charge in [-0.25, -0.2) is 14.6 Å². The van der Waals surface area contributed by atoms with Crippen LogP contribution in [0.3, 0.4) is 0 Å². The summed E-state index contributed by atoms with van der Waals surface area (Å²) in [5.74, 6) is 1.76. The molecule has 0 radical (unpaired) electrons. The number of hydrogen-bond donors (Lipinski definition) is 1. The van der Waals surface area contributed by atoms with Gasteiger partial charge in [0, 0.05) is 6.54 Å². The van der Waals surface area contributed by atoms with Crippen molar-refractivity contribution in [3.8, 4) is 11.6 Å². The summed E-state index contributed by atoms with van der Waals surface area (Å²) in [5.41, 5.74) is 0.741. The summed E-state index contributed by atoms with van der Waals surface area (Å²) in [7, 11) is 1.58. The normalized spacial score (nSPS) is 10.5. The number of anilines is 1. The van der Waals surface area contributed by atoms with Crippen molar-refractivity contribution in [3.05, 3.63) is 23.2 Å². The number of nitrogens with zero attached hydrogens (tertiary/aromatic N) is 4. The molecular formula is C12H16ClN5O. The molecule has 19 heavy (non-hydrogen) atoms. The predicted octanol–water partition coefficient (Wildman–Crippen LogP) is 2.45. The largest absolute Gasteiger partial charge is 0.490 e. The fourth-order valence-electron chi connectivity index (χ4n) is 1.63. The minimum absolute atomic E-state index is 0.551. The first-order valence-electron chi connectivity index (χ1n) is 6.02. The molecule has 2 rings (SSSR count). The molecule has 0 fully saturated rings. The Balaban J connectivity index is 2.44. The van der Waals surface area contributed by atoms with Crippen molar-refractivity contribution in [2.45, 2.75) is 20.3 Å². The molecule has 0 saturated heterocycles. The molecule has 0 amide bonds. The van der Waals surface area contributed by atoms with E-state index in [0.717, 1.165) is 18.7 Å². The highest BCUT2D eigenvalue weighted by Crippen LogP contribution is 2.28. The van der Waals surface area contributed by atoms with Gasteiger partial charge in [-0.05, 0) is 13.3 Å². The zero-order chi connectivity index (χ0) is 13.8. The van der Waals surface area contributed by atoms with Gasteiger partial charge in [-0.3, -0.25) is 0 Å². The number of methoxy groups -OCH3 is 1. The smallest absolute Gasteiger partial charge is 0.206 e. The van der Waals surface area contributed by atoms with Gasteiger partial charge in [0.05, 0.1) is 24.0 Å². The predicted molar refractivity (Wildman–Crippen MR) is 74.2 cm³/mol. The quantitative estimate of drug-likeness (QED) is 0.912. The van der Waals surface area contributed by atoms with E-state index in [9.17, 15) is 0 Å². The van der Waals surface area contributed by atoms with E-state index in [4.69, 9.17) is 16.3 Å². The Morgan fingerprint density at radius 3 is 2.79 bits per heavy atom. The summed E-state index contributed by atoms with van der Waals surface area (Å²) in [5, 5.41) is 8.08. The van der Waals surface area contributed by atoms with Crippen molar-refractivity contribution in [2.75, 3.05) is 19.0 Å². The Bertz CT molecular complexity index is 550. The van der Waals surface area contributed by atoms with Gasteiger partial charge in [0.2, 0.25) is 11.6 Å². The highest BCUT2D eigenvalue weighted by Gasteiger charge is 2.15. The Hall–Kier alpha value is -1.82. The van der Waals surface area contributed by atoms with E-state index >= 15 is 0 Å². The molecule has 7 heteroatoms. The number of halogens is 1. The van der Waals surface area contributed by atoms with Crippen LogP contribution in [0.1, 0.15) is 19.0 Å². The lowest BCUT2D eigenvalue weighted by molar-refractivity contribution is 0.409. The lowest BCUT2D eigenvalue weighted by Crippen LogP contribution is -2.09. The first-order chi connectivity index (χ1) is 9.17. The molecule has 0 aliphatic heterocycles. The third-order valence-corrected chi connectivity index (χ3v) is 2.96. The topological polar surface area (TPSA) is 64.9 Å². The summed E-state index contributed by atoms with van der Waals surface area (Å²) in [6.07, 6.45) is 4.17. The molecular weight excluding hydrogens is 266 g/mol. The van der Waals surface area contributed by atoms with Gasteiger partial charge in [-0.15, -0.1) is 0 Å². The van der Waals surface area contributed by atoms with Crippen molar-refractivity contribution < 1.29 is 4.74 Å². The highest BCUT2D eigenvalue weighted by atomic mass is 35.5. The van der Waals surface area contributed by atoms with Crippen molar-refractivity contribution in [2.24, 2.45) is 0 Å². The first-order valence-corrected chi connectivity index (χ1v) is 6.40. The summed E-state index contributed by atoms with van der Waals surface area (Å²) in [6, 6.07) is 0. The van der Waals surface area contributed by atoms with E-state index in [2.05, 4.69) is 27.3 Å². The maximum absolute atomic E-state index is 6.02. The average molecular weight is 282 g/mol. The number of aryl methyl sites for hydroxylation is 1. The van der Waals surface area contributed by atoms with Gasteiger partial charge in [-0.2, -0.15) is 5.10 Å². The zero-order valence-electron chi connectivity index (χ0n) is 11.1. The van der Waals surface area contributed by atoms with Crippen LogP contribution in [-0.4, -0.2) is 33.4 Å². The molecule has 2 aromatic rings. The highest BCUT2D eigenvalue weighted by molar-refractivity contribution is 6.31. The summed E-state index contributed by atoms with van der Waals surface area (Å²) in [6.45, 7) is 4.73. The minimum atomic E-state index is 0.551. The third kappa shape index (κ3) is 2.78. The lowest BCUT2D eigenvalue weighted by Gasteiger charge is -2.12. The molecule has 102 valence electrons. The molecule has 0 aliphatic carbocycles. The second-order valence-electron chi connectivity index (χ2n) is 4.01. The number of hydrogen-bond acceptors (Lipinski definition) is 5. The van der Waals surface area contributed by atoms with Gasteiger partial charge < -0.3 is 10.1 Å². The number of rotatable bonds is 5. The Kier molecular flexibility index (Phi) is 4.21. The second-order valence-corrected chi connectivity index (χ2v) is 4.42. The van der Waals surface area contributed by atoms with E-state index < -0.39 is 0 Å². The SMILES string of the molecule is CCCNc1ncnc(-n2cc(Cl)c(C)n2)c1OC. The summed E-state index contributed by atoms with van der Waals surface area (Å²) in [4.78, 5) is 8.39. The number of nitrogens with one attached hydrogen (secondary N) is 1. The van der Waals surface area contributed by atoms with Crippen LogP contribution >= 0.6 is 11.6 Å². The number of aromatic nitrogens is 4. The third-order valence-electron chi connectivity index (χ3n) is 2.59. The van der Waals surface area contributed by atoms with Crippen molar-refractivity contribution in [1.29, 1.82) is 0 Å². The van der Waals surface area contributed by atoms with E-state index in [1.807, 2.05) is 6.92 Å². The van der Waals surface area contributed by atoms with Crippen LogP contribution in [-0.2, 0) is 0 Å². The van der Waals surface area contributed by atoms with Gasteiger partial charge in [0.15, 0.2) is 5.82 Å². The Morgan fingerprint density at radius 2 is 2.21 bits per heavy atom. The average Bonchev–Trinajstić information content (AvgIpc) is 2.75. The van der Waals surface area contributed by atoms with Crippen LogP contribution < -0.4 is 10.1 Å². The fourth-order valence-corrected chi connectivity index (χ4v) is 1.76. The molecule has 0 bridgehead atoms. The molecule has 6 nitrogen and oxygen atoms in total. The number of ether oxygens (including phenoxy) is 1. The standard InChI is InChI=1S/C12H16ClN5O/c1-4-5-14-11-10(19-3)12(16-7-15-11)18-6-9(13)8(2)17-18/h6-7H,4-5H2,1-3H3,(H,14,15,16). The van der Waals surface area contributed by atoms with Crippen LogP contribution in [0.25, 0.3) is 5.82 Å². The summed E-state index contributed by atoms with van der Waals surface area (Å²) >= 11 is 6.02. The molecule has 0 saturated carbocycles. The van der Waals surface area contributed by atoms with Crippen molar-refractivity contribution in [3.63, 3.8) is 0 Å². The molecule has 0 unspecified atom stereocenters. The van der Waals surface area contributed by atoms with Crippen LogP contribution in [0.5, 0.6) is 5.75 Å². The molecule has 0 aromatic carbocycles. The lowest BCUT2D eigenvalue weighted by atomic mass is 10.4. The minimum Gasteiger partial charge on any atom is -0.490 e. The Morgan fingerprint density at radius 1 is 1.42 bits per heavy atom. The monoisotopic (exact) mass is 281 g/mol. The van der Waals surface area contributed by atoms with E-state index in [1.54, 1.807) is 18.0 Å². The first kappa shape index (κ1) is 13.6. The van der Waals surface area contributed by atoms with E-state index in [1.165, 1.54) is 6.33 Å². The van der Waals surface area contributed by atoms with Crippen molar-refractivity contribution >= 4 is 17.4 Å². The Labute approximate surface area is 116 Å². The van der Waals surface area contributed by atoms with E-state index in [-0.39, 0.29) is 0 Å². The van der Waals surface area contributed by atoms with Crippen LogP contribution in [0.15, 0.2) is 12.5 Å². The summed E-state index contributed by atoms with van der Waals surface area (Å²) < 4.78 is 6.98. The zero-order valence-corrected chi connectivity index (χ0v) is 11.9. The van der Waals surface area contributed by atoms with Crippen LogP contribution in [0.2, 0.25) is 5.02 Å². The molecule has 0 spiro atoms. The van der Waals surface area contributed by atoms with Crippen molar-refractivity contribution in [1.82, 2.24) is 19.7 Å². The fraction of sp³-hybridized carbons (Fsp3) is 0.417. The second kappa shape index (κ2) is 5.88. The van der Waals surface area contributed by atoms with Crippen LogP contribution in [0, 0.1) is 6.92 Å². The maximum Gasteiger partial charge on any atom is 0.206 e. The van der Waals surface area contributed by atoms with E-state index in [0.29, 0.717) is 22.4 Å².